The van der Waals surface area contributed by atoms with Gasteiger partial charge in [-0.2, -0.15) is 0 Å². The summed E-state index contributed by atoms with van der Waals surface area (Å²) in [6.45, 7) is 0.0618. The molecule has 1 N–H and O–H groups in total. The number of aliphatic hydroxyl groups excluding tert-OH is 1. The van der Waals surface area contributed by atoms with Crippen LogP contribution in [0.1, 0.15) is 11.1 Å². The molecule has 0 bridgehead atoms. The van der Waals surface area contributed by atoms with Crippen molar-refractivity contribution in [3.8, 4) is 0 Å². The summed E-state index contributed by atoms with van der Waals surface area (Å²) in [5.41, 5.74) is 1.93. The van der Waals surface area contributed by atoms with Gasteiger partial charge < -0.3 is 5.11 Å². The Hall–Kier alpha value is -0.670. The van der Waals surface area contributed by atoms with E-state index >= 15 is 0 Å². The van der Waals surface area contributed by atoms with Crippen molar-refractivity contribution in [2.45, 2.75) is 17.3 Å². The number of hydrogen-bond acceptors (Lipinski definition) is 2. The number of rotatable bonds is 4. The predicted molar refractivity (Wildman–Crippen MR) is 78.4 cm³/mol. The zero-order valence-corrected chi connectivity index (χ0v) is 11.9. The molecule has 0 radical (unpaired) electrons. The molecule has 0 aliphatic rings. The van der Waals surface area contributed by atoms with Gasteiger partial charge in [0, 0.05) is 20.7 Å². The summed E-state index contributed by atoms with van der Waals surface area (Å²) in [7, 11) is 0. The summed E-state index contributed by atoms with van der Waals surface area (Å²) >= 11 is 13.7. The SMILES string of the molecule is OCc1cccc(SCc2cc(Cl)ccc2Cl)c1. The van der Waals surface area contributed by atoms with Crippen molar-refractivity contribution in [1.82, 2.24) is 0 Å². The quantitative estimate of drug-likeness (QED) is 0.820. The molecule has 0 saturated carbocycles. The van der Waals surface area contributed by atoms with Crippen LogP contribution >= 0.6 is 35.0 Å². The Kier molecular flexibility index (Phi) is 4.95. The van der Waals surface area contributed by atoms with Crippen LogP contribution in [0, 0.1) is 0 Å². The van der Waals surface area contributed by atoms with Crippen LogP contribution in [0.5, 0.6) is 0 Å². The Morgan fingerprint density at radius 3 is 2.67 bits per heavy atom. The lowest BCUT2D eigenvalue weighted by molar-refractivity contribution is 0.281. The monoisotopic (exact) mass is 298 g/mol. The van der Waals surface area contributed by atoms with Gasteiger partial charge in [-0.1, -0.05) is 35.3 Å². The molecule has 0 aliphatic carbocycles. The van der Waals surface area contributed by atoms with Crippen molar-refractivity contribution < 1.29 is 5.11 Å². The fraction of sp³-hybridized carbons (Fsp3) is 0.143. The topological polar surface area (TPSA) is 20.2 Å². The van der Waals surface area contributed by atoms with Gasteiger partial charge in [-0.25, -0.2) is 0 Å². The van der Waals surface area contributed by atoms with E-state index in [0.29, 0.717) is 5.02 Å². The molecule has 0 aliphatic heterocycles. The molecule has 2 aromatic rings. The molecular formula is C14H12Cl2OS. The first-order valence-corrected chi connectivity index (χ1v) is 7.20. The van der Waals surface area contributed by atoms with Crippen molar-refractivity contribution >= 4 is 35.0 Å². The van der Waals surface area contributed by atoms with Gasteiger partial charge in [-0.3, -0.25) is 0 Å². The van der Waals surface area contributed by atoms with E-state index in [0.717, 1.165) is 26.8 Å². The van der Waals surface area contributed by atoms with Crippen LogP contribution in [0.4, 0.5) is 0 Å². The van der Waals surface area contributed by atoms with Crippen molar-refractivity contribution in [3.63, 3.8) is 0 Å². The first-order valence-electron chi connectivity index (χ1n) is 5.45. The van der Waals surface area contributed by atoms with Crippen LogP contribution in [-0.4, -0.2) is 5.11 Å². The standard InChI is InChI=1S/C14H12Cl2OS/c15-12-4-5-14(16)11(7-12)9-18-13-3-1-2-10(6-13)8-17/h1-7,17H,8-9H2. The highest BCUT2D eigenvalue weighted by atomic mass is 35.5. The van der Waals surface area contributed by atoms with Crippen LogP contribution in [0.2, 0.25) is 10.0 Å². The Labute approximate surface area is 121 Å². The van der Waals surface area contributed by atoms with E-state index in [1.807, 2.05) is 36.4 Å². The summed E-state index contributed by atoms with van der Waals surface area (Å²) in [5.74, 6) is 0.758. The third-order valence-corrected chi connectivity index (χ3v) is 4.13. The van der Waals surface area contributed by atoms with E-state index in [2.05, 4.69) is 0 Å². The van der Waals surface area contributed by atoms with E-state index in [9.17, 15) is 0 Å². The molecule has 0 unspecified atom stereocenters. The number of thioether (sulfide) groups is 1. The van der Waals surface area contributed by atoms with Gasteiger partial charge in [0.25, 0.3) is 0 Å². The van der Waals surface area contributed by atoms with E-state index in [4.69, 9.17) is 28.3 Å². The molecule has 1 nitrogen and oxygen atoms in total. The van der Waals surface area contributed by atoms with Crippen LogP contribution in [0.15, 0.2) is 47.4 Å². The normalized spacial score (nSPS) is 10.6. The fourth-order valence-electron chi connectivity index (χ4n) is 1.55. The Bertz CT molecular complexity index is 543. The van der Waals surface area contributed by atoms with Crippen molar-refractivity contribution in [2.75, 3.05) is 0 Å². The molecule has 2 aromatic carbocycles. The molecule has 2 rings (SSSR count). The first kappa shape index (κ1) is 13.8. The fourth-order valence-corrected chi connectivity index (χ4v) is 2.98. The second-order valence-electron chi connectivity index (χ2n) is 3.83. The zero-order valence-electron chi connectivity index (χ0n) is 9.57. The zero-order chi connectivity index (χ0) is 13.0. The van der Waals surface area contributed by atoms with Gasteiger partial charge in [0.15, 0.2) is 0 Å². The number of aliphatic hydroxyl groups is 1. The third-order valence-electron chi connectivity index (χ3n) is 2.48. The molecule has 4 heteroatoms. The number of hydrogen-bond donors (Lipinski definition) is 1. The molecule has 0 aromatic heterocycles. The van der Waals surface area contributed by atoms with Crippen molar-refractivity contribution in [3.05, 3.63) is 63.6 Å². The highest BCUT2D eigenvalue weighted by Crippen LogP contribution is 2.29. The minimum absolute atomic E-state index is 0.0618. The molecule has 0 amide bonds. The number of benzene rings is 2. The summed E-state index contributed by atoms with van der Waals surface area (Å²) in [4.78, 5) is 1.11. The average Bonchev–Trinajstić information content (AvgIpc) is 2.40. The smallest absolute Gasteiger partial charge is 0.0682 e. The lowest BCUT2D eigenvalue weighted by Gasteiger charge is -2.06. The number of halogens is 2. The highest BCUT2D eigenvalue weighted by molar-refractivity contribution is 7.98. The Morgan fingerprint density at radius 1 is 1.06 bits per heavy atom. The van der Waals surface area contributed by atoms with Gasteiger partial charge in [0.2, 0.25) is 0 Å². The Balaban J connectivity index is 2.08. The molecule has 0 fully saturated rings. The molecule has 0 atom stereocenters. The van der Waals surface area contributed by atoms with E-state index < -0.39 is 0 Å². The van der Waals surface area contributed by atoms with Crippen LogP contribution in [0.25, 0.3) is 0 Å². The summed E-state index contributed by atoms with van der Waals surface area (Å²) < 4.78 is 0. The lowest BCUT2D eigenvalue weighted by Crippen LogP contribution is -1.85. The van der Waals surface area contributed by atoms with Gasteiger partial charge in [-0.05, 0) is 41.5 Å². The lowest BCUT2D eigenvalue weighted by atomic mass is 10.2. The first-order chi connectivity index (χ1) is 8.69. The maximum absolute atomic E-state index is 9.08. The Morgan fingerprint density at radius 2 is 1.89 bits per heavy atom. The maximum atomic E-state index is 9.08. The summed E-state index contributed by atoms with van der Waals surface area (Å²) in [6, 6.07) is 13.3. The minimum atomic E-state index is 0.0618. The maximum Gasteiger partial charge on any atom is 0.0682 e. The van der Waals surface area contributed by atoms with E-state index in [-0.39, 0.29) is 6.61 Å². The molecule has 18 heavy (non-hydrogen) atoms. The third kappa shape index (κ3) is 3.66. The molecular weight excluding hydrogens is 287 g/mol. The van der Waals surface area contributed by atoms with Crippen molar-refractivity contribution in [2.24, 2.45) is 0 Å². The van der Waals surface area contributed by atoms with Crippen LogP contribution in [0.3, 0.4) is 0 Å². The highest BCUT2D eigenvalue weighted by Gasteiger charge is 2.03. The van der Waals surface area contributed by atoms with Crippen LogP contribution < -0.4 is 0 Å². The second-order valence-corrected chi connectivity index (χ2v) is 5.72. The van der Waals surface area contributed by atoms with Gasteiger partial charge in [0.1, 0.15) is 0 Å². The molecule has 0 spiro atoms. The van der Waals surface area contributed by atoms with Gasteiger partial charge in [0.05, 0.1) is 6.61 Å². The van der Waals surface area contributed by atoms with Gasteiger partial charge >= 0.3 is 0 Å². The predicted octanol–water partition coefficient (Wildman–Crippen LogP) is 4.78. The molecule has 0 heterocycles. The summed E-state index contributed by atoms with van der Waals surface area (Å²) in [6.07, 6.45) is 0. The van der Waals surface area contributed by atoms with Crippen molar-refractivity contribution in [1.29, 1.82) is 0 Å². The van der Waals surface area contributed by atoms with Gasteiger partial charge in [-0.15, -0.1) is 11.8 Å². The largest absolute Gasteiger partial charge is 0.392 e. The van der Waals surface area contributed by atoms with Crippen LogP contribution in [-0.2, 0) is 12.4 Å². The van der Waals surface area contributed by atoms with E-state index in [1.54, 1.807) is 17.8 Å². The van der Waals surface area contributed by atoms with E-state index in [1.165, 1.54) is 0 Å². The molecule has 0 saturated heterocycles. The second kappa shape index (κ2) is 6.48. The molecule has 94 valence electrons. The average molecular weight is 299 g/mol. The minimum Gasteiger partial charge on any atom is -0.392 e. The summed E-state index contributed by atoms with van der Waals surface area (Å²) in [5, 5.41) is 10.5.